The predicted octanol–water partition coefficient (Wildman–Crippen LogP) is 4.64. The van der Waals surface area contributed by atoms with Crippen molar-refractivity contribution < 1.29 is 38.0 Å². The summed E-state index contributed by atoms with van der Waals surface area (Å²) >= 11 is 0. The SMILES string of the molecule is C=C(COC)C(=O)OCCOc1ccc(-c2ccc(CCCOC(=O)C(C)(C)COC)cc2)c(OC)c1. The van der Waals surface area contributed by atoms with Gasteiger partial charge >= 0.3 is 11.9 Å². The summed E-state index contributed by atoms with van der Waals surface area (Å²) in [5.41, 5.74) is 2.69. The fraction of sp³-hybridized carbons (Fsp3) is 0.448. The average molecular weight is 515 g/mol. The summed E-state index contributed by atoms with van der Waals surface area (Å²) in [5, 5.41) is 0. The van der Waals surface area contributed by atoms with Crippen LogP contribution in [0.25, 0.3) is 11.1 Å². The van der Waals surface area contributed by atoms with Crippen molar-refractivity contribution in [2.45, 2.75) is 26.7 Å². The zero-order valence-electron chi connectivity index (χ0n) is 22.5. The third-order valence-corrected chi connectivity index (χ3v) is 5.53. The van der Waals surface area contributed by atoms with Gasteiger partial charge in [0.05, 0.1) is 37.9 Å². The van der Waals surface area contributed by atoms with Crippen LogP contribution in [0, 0.1) is 5.41 Å². The van der Waals surface area contributed by atoms with E-state index in [0.717, 1.165) is 29.5 Å². The van der Waals surface area contributed by atoms with E-state index < -0.39 is 11.4 Å². The Morgan fingerprint density at radius 3 is 2.27 bits per heavy atom. The van der Waals surface area contributed by atoms with Crippen LogP contribution in [0.2, 0.25) is 0 Å². The van der Waals surface area contributed by atoms with Crippen LogP contribution in [0.3, 0.4) is 0 Å². The molecule has 0 fully saturated rings. The molecule has 8 heteroatoms. The van der Waals surface area contributed by atoms with E-state index in [1.807, 2.05) is 38.1 Å². The molecule has 0 aliphatic rings. The first-order chi connectivity index (χ1) is 17.7. The molecule has 0 aliphatic carbocycles. The van der Waals surface area contributed by atoms with E-state index >= 15 is 0 Å². The summed E-state index contributed by atoms with van der Waals surface area (Å²) in [6, 6.07) is 13.8. The Hall–Kier alpha value is -3.36. The number of ether oxygens (including phenoxy) is 6. The number of carbonyl (C=O) groups excluding carboxylic acids is 2. The first-order valence-corrected chi connectivity index (χ1v) is 12.1. The molecular weight excluding hydrogens is 476 g/mol. The van der Waals surface area contributed by atoms with Crippen molar-refractivity contribution in [1.29, 1.82) is 0 Å². The van der Waals surface area contributed by atoms with Crippen LogP contribution in [0.4, 0.5) is 0 Å². The van der Waals surface area contributed by atoms with Crippen molar-refractivity contribution in [2.24, 2.45) is 5.41 Å². The molecule has 8 nitrogen and oxygen atoms in total. The Kier molecular flexibility index (Phi) is 12.1. The van der Waals surface area contributed by atoms with E-state index in [1.54, 1.807) is 20.3 Å². The van der Waals surface area contributed by atoms with Gasteiger partial charge in [0, 0.05) is 25.8 Å². The molecule has 0 saturated heterocycles. The molecule has 2 aromatic rings. The Bertz CT molecular complexity index is 1030. The largest absolute Gasteiger partial charge is 0.496 e. The first kappa shape index (κ1) is 29.9. The molecule has 37 heavy (non-hydrogen) atoms. The third kappa shape index (κ3) is 9.55. The molecule has 0 aromatic heterocycles. The highest BCUT2D eigenvalue weighted by atomic mass is 16.6. The minimum Gasteiger partial charge on any atom is -0.496 e. The second kappa shape index (κ2) is 15.0. The van der Waals surface area contributed by atoms with E-state index in [1.165, 1.54) is 7.11 Å². The number of hydrogen-bond donors (Lipinski definition) is 0. The van der Waals surface area contributed by atoms with Crippen molar-refractivity contribution in [1.82, 2.24) is 0 Å². The van der Waals surface area contributed by atoms with Crippen molar-refractivity contribution >= 4 is 11.9 Å². The molecular formula is C29H38O8. The van der Waals surface area contributed by atoms with Gasteiger partial charge in [0.15, 0.2) is 0 Å². The highest BCUT2D eigenvalue weighted by Gasteiger charge is 2.29. The summed E-state index contributed by atoms with van der Waals surface area (Å²) in [4.78, 5) is 23.9. The van der Waals surface area contributed by atoms with Crippen LogP contribution in [-0.4, -0.2) is 66.3 Å². The summed E-state index contributed by atoms with van der Waals surface area (Å²) in [7, 11) is 4.67. The van der Waals surface area contributed by atoms with E-state index in [-0.39, 0.29) is 31.4 Å². The Morgan fingerprint density at radius 1 is 0.892 bits per heavy atom. The standard InChI is InChI=1S/C29H38O8/c1-21(19-32-4)27(30)36-17-16-35-24-13-14-25(26(18-24)34-6)23-11-9-22(10-12-23)8-7-15-37-28(31)29(2,3)20-33-5/h9-14,18H,1,7-8,15-17,19-20H2,2-6H3. The Morgan fingerprint density at radius 2 is 1.62 bits per heavy atom. The number of carbonyl (C=O) groups is 2. The average Bonchev–Trinajstić information content (AvgIpc) is 2.89. The second-order valence-electron chi connectivity index (χ2n) is 9.14. The molecule has 2 rings (SSSR count). The normalized spacial score (nSPS) is 11.1. The van der Waals surface area contributed by atoms with E-state index in [4.69, 9.17) is 28.4 Å². The van der Waals surface area contributed by atoms with Gasteiger partial charge in [-0.05, 0) is 49.9 Å². The Labute approximate surface area is 219 Å². The van der Waals surface area contributed by atoms with Gasteiger partial charge in [0.25, 0.3) is 0 Å². The van der Waals surface area contributed by atoms with Gasteiger partial charge in [-0.3, -0.25) is 4.79 Å². The number of rotatable bonds is 16. The summed E-state index contributed by atoms with van der Waals surface area (Å²) in [5.74, 6) is 0.514. The fourth-order valence-corrected chi connectivity index (χ4v) is 3.54. The smallest absolute Gasteiger partial charge is 0.335 e. The number of hydrogen-bond acceptors (Lipinski definition) is 8. The van der Waals surface area contributed by atoms with Crippen LogP contribution in [0.1, 0.15) is 25.8 Å². The topological polar surface area (TPSA) is 89.5 Å². The van der Waals surface area contributed by atoms with Gasteiger partial charge < -0.3 is 28.4 Å². The maximum Gasteiger partial charge on any atom is 0.335 e. The van der Waals surface area contributed by atoms with Crippen LogP contribution in [-0.2, 0) is 35.0 Å². The van der Waals surface area contributed by atoms with Crippen LogP contribution >= 0.6 is 0 Å². The molecule has 0 N–H and O–H groups in total. The molecule has 0 atom stereocenters. The molecule has 0 amide bonds. The third-order valence-electron chi connectivity index (χ3n) is 5.53. The summed E-state index contributed by atoms with van der Waals surface area (Å²) < 4.78 is 31.7. The Balaban J connectivity index is 1.86. The highest BCUT2D eigenvalue weighted by Crippen LogP contribution is 2.33. The molecule has 0 bridgehead atoms. The summed E-state index contributed by atoms with van der Waals surface area (Å²) in [6.07, 6.45) is 1.53. The van der Waals surface area contributed by atoms with Gasteiger partial charge in [0.2, 0.25) is 0 Å². The minimum absolute atomic E-state index is 0.0945. The quantitative estimate of drug-likeness (QED) is 0.182. The maximum atomic E-state index is 12.1. The lowest BCUT2D eigenvalue weighted by atomic mass is 9.95. The monoisotopic (exact) mass is 514 g/mol. The van der Waals surface area contributed by atoms with Gasteiger partial charge in [-0.1, -0.05) is 30.8 Å². The van der Waals surface area contributed by atoms with Crippen LogP contribution < -0.4 is 9.47 Å². The molecule has 0 heterocycles. The number of methoxy groups -OCH3 is 3. The van der Waals surface area contributed by atoms with Gasteiger partial charge in [0.1, 0.15) is 24.7 Å². The van der Waals surface area contributed by atoms with E-state index in [9.17, 15) is 9.59 Å². The first-order valence-electron chi connectivity index (χ1n) is 12.1. The van der Waals surface area contributed by atoms with Crippen molar-refractivity contribution in [3.05, 3.63) is 60.2 Å². The minimum atomic E-state index is -0.650. The van der Waals surface area contributed by atoms with Crippen molar-refractivity contribution in [3.8, 4) is 22.6 Å². The van der Waals surface area contributed by atoms with Crippen LogP contribution in [0.5, 0.6) is 11.5 Å². The van der Waals surface area contributed by atoms with E-state index in [0.29, 0.717) is 24.7 Å². The number of aryl methyl sites for hydroxylation is 1. The zero-order valence-corrected chi connectivity index (χ0v) is 22.5. The highest BCUT2D eigenvalue weighted by molar-refractivity contribution is 5.87. The van der Waals surface area contributed by atoms with Crippen molar-refractivity contribution in [3.63, 3.8) is 0 Å². The maximum absolute atomic E-state index is 12.1. The molecule has 202 valence electrons. The fourth-order valence-electron chi connectivity index (χ4n) is 3.54. The van der Waals surface area contributed by atoms with Gasteiger partial charge in [-0.25, -0.2) is 4.79 Å². The molecule has 0 saturated carbocycles. The lowest BCUT2D eigenvalue weighted by molar-refractivity contribution is -0.156. The van der Waals surface area contributed by atoms with Crippen molar-refractivity contribution in [2.75, 3.05) is 54.4 Å². The lowest BCUT2D eigenvalue weighted by Crippen LogP contribution is -2.31. The summed E-state index contributed by atoms with van der Waals surface area (Å²) in [6.45, 7) is 8.34. The molecule has 0 unspecified atom stereocenters. The number of esters is 2. The molecule has 0 spiro atoms. The zero-order chi connectivity index (χ0) is 27.3. The molecule has 2 aromatic carbocycles. The lowest BCUT2D eigenvalue weighted by Gasteiger charge is -2.21. The van der Waals surface area contributed by atoms with E-state index in [2.05, 4.69) is 18.7 Å². The number of benzene rings is 2. The van der Waals surface area contributed by atoms with Crippen LogP contribution in [0.15, 0.2) is 54.6 Å². The molecule has 0 radical (unpaired) electrons. The molecule has 0 aliphatic heterocycles. The predicted molar refractivity (Wildman–Crippen MR) is 141 cm³/mol. The van der Waals surface area contributed by atoms with Gasteiger partial charge in [-0.2, -0.15) is 0 Å². The second-order valence-corrected chi connectivity index (χ2v) is 9.14. The van der Waals surface area contributed by atoms with Gasteiger partial charge in [-0.15, -0.1) is 0 Å².